The van der Waals surface area contributed by atoms with Gasteiger partial charge in [0.2, 0.25) is 5.82 Å². The zero-order chi connectivity index (χ0) is 15.6. The standard InChI is InChI=1S/C17H13N5O/c1-23-14-9-7-13(8-10-14)22-17(19-20-21-22)16-11-6-12-4-2-3-5-15(12)18-16/h2-11H,1H3. The Labute approximate surface area is 132 Å². The van der Waals surface area contributed by atoms with Crippen molar-refractivity contribution in [3.05, 3.63) is 60.7 Å². The van der Waals surface area contributed by atoms with Gasteiger partial charge in [-0.1, -0.05) is 24.3 Å². The van der Waals surface area contributed by atoms with Crippen LogP contribution in [0.15, 0.2) is 60.7 Å². The quantitative estimate of drug-likeness (QED) is 0.582. The SMILES string of the molecule is COc1ccc(-n2nnnc2-c2ccc3ccccc3n2)cc1. The van der Waals surface area contributed by atoms with E-state index in [2.05, 4.69) is 20.5 Å². The largest absolute Gasteiger partial charge is 0.497 e. The molecule has 2 aromatic carbocycles. The van der Waals surface area contributed by atoms with Gasteiger partial charge in [-0.3, -0.25) is 0 Å². The van der Waals surface area contributed by atoms with Crippen molar-refractivity contribution in [1.82, 2.24) is 25.2 Å². The predicted octanol–water partition coefficient (Wildman–Crippen LogP) is 2.89. The molecule has 0 bridgehead atoms. The molecule has 6 nitrogen and oxygen atoms in total. The maximum atomic E-state index is 5.18. The Morgan fingerprint density at radius 2 is 1.74 bits per heavy atom. The van der Waals surface area contributed by atoms with E-state index >= 15 is 0 Å². The normalized spacial score (nSPS) is 10.8. The van der Waals surface area contributed by atoms with Crippen LogP contribution < -0.4 is 4.74 Å². The van der Waals surface area contributed by atoms with Gasteiger partial charge in [-0.05, 0) is 46.8 Å². The molecule has 4 rings (SSSR count). The van der Waals surface area contributed by atoms with Crippen molar-refractivity contribution in [3.63, 3.8) is 0 Å². The Kier molecular flexibility index (Phi) is 3.20. The summed E-state index contributed by atoms with van der Waals surface area (Å²) < 4.78 is 6.84. The molecule has 0 aliphatic rings. The van der Waals surface area contributed by atoms with Gasteiger partial charge in [-0.15, -0.1) is 5.10 Å². The summed E-state index contributed by atoms with van der Waals surface area (Å²) in [6, 6.07) is 19.4. The minimum absolute atomic E-state index is 0.598. The van der Waals surface area contributed by atoms with Crippen molar-refractivity contribution < 1.29 is 4.74 Å². The molecule has 4 aromatic rings. The number of ether oxygens (including phenoxy) is 1. The van der Waals surface area contributed by atoms with Gasteiger partial charge < -0.3 is 4.74 Å². The lowest BCUT2D eigenvalue weighted by molar-refractivity contribution is 0.414. The summed E-state index contributed by atoms with van der Waals surface area (Å²) in [6.45, 7) is 0. The van der Waals surface area contributed by atoms with Gasteiger partial charge in [0.15, 0.2) is 0 Å². The van der Waals surface area contributed by atoms with Gasteiger partial charge in [0.05, 0.1) is 18.3 Å². The average molecular weight is 303 g/mol. The zero-order valence-electron chi connectivity index (χ0n) is 12.4. The fraction of sp³-hybridized carbons (Fsp3) is 0.0588. The van der Waals surface area contributed by atoms with Gasteiger partial charge in [0.25, 0.3) is 0 Å². The molecule has 0 unspecified atom stereocenters. The summed E-state index contributed by atoms with van der Waals surface area (Å²) >= 11 is 0. The molecule has 0 atom stereocenters. The number of tetrazole rings is 1. The third kappa shape index (κ3) is 2.40. The van der Waals surface area contributed by atoms with E-state index in [0.717, 1.165) is 28.0 Å². The van der Waals surface area contributed by atoms with E-state index in [1.54, 1.807) is 11.8 Å². The van der Waals surface area contributed by atoms with Gasteiger partial charge in [-0.25, -0.2) is 4.98 Å². The summed E-state index contributed by atoms with van der Waals surface area (Å²) in [6.07, 6.45) is 0. The first-order valence-corrected chi connectivity index (χ1v) is 7.14. The van der Waals surface area contributed by atoms with Crippen molar-refractivity contribution in [1.29, 1.82) is 0 Å². The van der Waals surface area contributed by atoms with E-state index in [1.807, 2.05) is 60.7 Å². The highest BCUT2D eigenvalue weighted by Crippen LogP contribution is 2.22. The maximum Gasteiger partial charge on any atom is 0.205 e. The molecular weight excluding hydrogens is 290 g/mol. The van der Waals surface area contributed by atoms with Crippen LogP contribution in [0.4, 0.5) is 0 Å². The van der Waals surface area contributed by atoms with E-state index in [-0.39, 0.29) is 0 Å². The molecule has 0 N–H and O–H groups in total. The number of benzene rings is 2. The molecular formula is C17H13N5O. The van der Waals surface area contributed by atoms with Crippen LogP contribution in [0.25, 0.3) is 28.1 Å². The second-order valence-electron chi connectivity index (χ2n) is 5.00. The number of aromatic nitrogens is 5. The van der Waals surface area contributed by atoms with Crippen LogP contribution in [0.2, 0.25) is 0 Å². The summed E-state index contributed by atoms with van der Waals surface area (Å²) in [7, 11) is 1.64. The van der Waals surface area contributed by atoms with Crippen molar-refractivity contribution in [3.8, 4) is 23.0 Å². The zero-order valence-corrected chi connectivity index (χ0v) is 12.4. The molecule has 0 saturated heterocycles. The number of para-hydroxylation sites is 1. The number of methoxy groups -OCH3 is 1. The molecule has 0 spiro atoms. The average Bonchev–Trinajstić information content (AvgIpc) is 3.11. The Hall–Kier alpha value is -3.28. The first-order chi connectivity index (χ1) is 11.3. The Morgan fingerprint density at radius 3 is 2.57 bits per heavy atom. The summed E-state index contributed by atoms with van der Waals surface area (Å²) in [5, 5.41) is 13.1. The second kappa shape index (κ2) is 5.49. The number of hydrogen-bond donors (Lipinski definition) is 0. The highest BCUT2D eigenvalue weighted by Gasteiger charge is 2.12. The third-order valence-electron chi connectivity index (χ3n) is 3.61. The monoisotopic (exact) mass is 303 g/mol. The lowest BCUT2D eigenvalue weighted by atomic mass is 10.2. The molecule has 0 fully saturated rings. The number of hydrogen-bond acceptors (Lipinski definition) is 5. The maximum absolute atomic E-state index is 5.18. The molecule has 0 radical (unpaired) electrons. The van der Waals surface area contributed by atoms with Crippen LogP contribution in [0.1, 0.15) is 0 Å². The molecule has 0 amide bonds. The number of pyridine rings is 1. The minimum Gasteiger partial charge on any atom is -0.497 e. The van der Waals surface area contributed by atoms with E-state index < -0.39 is 0 Å². The van der Waals surface area contributed by atoms with E-state index in [9.17, 15) is 0 Å². The van der Waals surface area contributed by atoms with Crippen LogP contribution in [0, 0.1) is 0 Å². The Bertz CT molecular complexity index is 962. The van der Waals surface area contributed by atoms with Gasteiger partial charge in [-0.2, -0.15) is 4.68 Å². The van der Waals surface area contributed by atoms with Crippen LogP contribution in [-0.4, -0.2) is 32.3 Å². The first-order valence-electron chi connectivity index (χ1n) is 7.14. The molecule has 112 valence electrons. The van der Waals surface area contributed by atoms with Gasteiger partial charge in [0.1, 0.15) is 11.4 Å². The van der Waals surface area contributed by atoms with Crippen molar-refractivity contribution in [2.45, 2.75) is 0 Å². The molecule has 2 aromatic heterocycles. The lowest BCUT2D eigenvalue weighted by Gasteiger charge is -2.06. The van der Waals surface area contributed by atoms with Crippen LogP contribution in [0.5, 0.6) is 5.75 Å². The summed E-state index contributed by atoms with van der Waals surface area (Å²) in [4.78, 5) is 4.65. The van der Waals surface area contributed by atoms with Crippen LogP contribution >= 0.6 is 0 Å². The van der Waals surface area contributed by atoms with E-state index in [4.69, 9.17) is 4.74 Å². The number of fused-ring (bicyclic) bond motifs is 1. The van der Waals surface area contributed by atoms with Crippen molar-refractivity contribution >= 4 is 10.9 Å². The van der Waals surface area contributed by atoms with E-state index in [1.165, 1.54) is 0 Å². The number of nitrogens with zero attached hydrogens (tertiary/aromatic N) is 5. The second-order valence-corrected chi connectivity index (χ2v) is 5.00. The van der Waals surface area contributed by atoms with Crippen LogP contribution in [0.3, 0.4) is 0 Å². The van der Waals surface area contributed by atoms with E-state index in [0.29, 0.717) is 5.82 Å². The van der Waals surface area contributed by atoms with Crippen molar-refractivity contribution in [2.24, 2.45) is 0 Å². The smallest absolute Gasteiger partial charge is 0.205 e. The minimum atomic E-state index is 0.598. The first kappa shape index (κ1) is 13.4. The molecule has 6 heteroatoms. The summed E-state index contributed by atoms with van der Waals surface area (Å²) in [5.74, 6) is 1.38. The highest BCUT2D eigenvalue weighted by atomic mass is 16.5. The molecule has 0 saturated carbocycles. The summed E-state index contributed by atoms with van der Waals surface area (Å²) in [5.41, 5.74) is 2.49. The Balaban J connectivity index is 1.81. The topological polar surface area (TPSA) is 65.7 Å². The predicted molar refractivity (Wildman–Crippen MR) is 86.4 cm³/mol. The molecule has 0 aliphatic carbocycles. The van der Waals surface area contributed by atoms with Crippen LogP contribution in [-0.2, 0) is 0 Å². The van der Waals surface area contributed by atoms with Gasteiger partial charge in [0, 0.05) is 5.39 Å². The highest BCUT2D eigenvalue weighted by molar-refractivity contribution is 5.80. The fourth-order valence-corrected chi connectivity index (χ4v) is 2.43. The van der Waals surface area contributed by atoms with Crippen molar-refractivity contribution in [2.75, 3.05) is 7.11 Å². The molecule has 0 aliphatic heterocycles. The third-order valence-corrected chi connectivity index (χ3v) is 3.61. The van der Waals surface area contributed by atoms with Gasteiger partial charge >= 0.3 is 0 Å². The molecule has 23 heavy (non-hydrogen) atoms. The fourth-order valence-electron chi connectivity index (χ4n) is 2.43. The number of rotatable bonds is 3. The lowest BCUT2D eigenvalue weighted by Crippen LogP contribution is -2.01. The molecule has 2 heterocycles. The Morgan fingerprint density at radius 1 is 0.913 bits per heavy atom.